The van der Waals surface area contributed by atoms with E-state index in [9.17, 15) is 0 Å². The van der Waals surface area contributed by atoms with Gasteiger partial charge in [-0.05, 0) is 51.6 Å². The molecule has 3 aliphatic heterocycles. The third kappa shape index (κ3) is 2.88. The number of hydrogen-bond donors (Lipinski definition) is 1. The third-order valence-corrected chi connectivity index (χ3v) is 6.15. The second-order valence-electron chi connectivity index (χ2n) is 7.34. The minimum absolute atomic E-state index is 0.201. The molecular formula is C17H30N2O2. The Balaban J connectivity index is 1.39. The average molecular weight is 294 g/mol. The summed E-state index contributed by atoms with van der Waals surface area (Å²) < 4.78 is 11.8. The van der Waals surface area contributed by atoms with Crippen LogP contribution in [0.4, 0.5) is 0 Å². The number of ether oxygens (including phenoxy) is 2. The van der Waals surface area contributed by atoms with Crippen LogP contribution in [0, 0.1) is 0 Å². The van der Waals surface area contributed by atoms with Gasteiger partial charge in [-0.2, -0.15) is 0 Å². The lowest BCUT2D eigenvalue weighted by molar-refractivity contribution is -0.186. The van der Waals surface area contributed by atoms with E-state index in [0.717, 1.165) is 44.2 Å². The fraction of sp³-hybridized carbons (Fsp3) is 1.00. The molecule has 0 aromatic heterocycles. The predicted octanol–water partition coefficient (Wildman–Crippen LogP) is 2.28. The normalized spacial score (nSPS) is 38.3. The van der Waals surface area contributed by atoms with Gasteiger partial charge < -0.3 is 14.8 Å². The van der Waals surface area contributed by atoms with Gasteiger partial charge in [-0.25, -0.2) is 0 Å². The number of piperidine rings is 1. The van der Waals surface area contributed by atoms with Crippen molar-refractivity contribution in [3.05, 3.63) is 0 Å². The molecule has 3 saturated heterocycles. The van der Waals surface area contributed by atoms with Gasteiger partial charge in [0.15, 0.2) is 5.79 Å². The molecule has 0 aromatic rings. The van der Waals surface area contributed by atoms with Crippen molar-refractivity contribution in [2.75, 3.05) is 26.3 Å². The highest BCUT2D eigenvalue weighted by atomic mass is 16.7. The highest BCUT2D eigenvalue weighted by Gasteiger charge is 2.43. The Labute approximate surface area is 128 Å². The molecule has 3 heterocycles. The number of hydrogen-bond acceptors (Lipinski definition) is 4. The van der Waals surface area contributed by atoms with Crippen molar-refractivity contribution in [2.24, 2.45) is 0 Å². The molecular weight excluding hydrogens is 264 g/mol. The summed E-state index contributed by atoms with van der Waals surface area (Å²) in [6.45, 7) is 4.12. The molecule has 0 aromatic carbocycles. The minimum atomic E-state index is -0.201. The number of likely N-dealkylation sites (tertiary alicyclic amines) is 1. The fourth-order valence-electron chi connectivity index (χ4n) is 5.06. The van der Waals surface area contributed by atoms with Gasteiger partial charge in [-0.3, -0.25) is 4.90 Å². The van der Waals surface area contributed by atoms with Gasteiger partial charge in [0.25, 0.3) is 0 Å². The van der Waals surface area contributed by atoms with E-state index in [1.807, 2.05) is 0 Å². The summed E-state index contributed by atoms with van der Waals surface area (Å²) in [6.07, 6.45) is 11.6. The van der Waals surface area contributed by atoms with Crippen LogP contribution >= 0.6 is 0 Å². The summed E-state index contributed by atoms with van der Waals surface area (Å²) in [5.74, 6) is -0.201. The molecule has 1 saturated carbocycles. The van der Waals surface area contributed by atoms with Crippen molar-refractivity contribution in [3.63, 3.8) is 0 Å². The summed E-state index contributed by atoms with van der Waals surface area (Å²) in [5, 5.41) is 3.75. The first-order valence-corrected chi connectivity index (χ1v) is 9.13. The molecule has 0 bridgehead atoms. The van der Waals surface area contributed by atoms with E-state index in [1.54, 1.807) is 0 Å². The van der Waals surface area contributed by atoms with Crippen LogP contribution in [0.25, 0.3) is 0 Å². The summed E-state index contributed by atoms with van der Waals surface area (Å²) >= 11 is 0. The molecule has 4 aliphatic rings. The van der Waals surface area contributed by atoms with Crippen LogP contribution in [0.15, 0.2) is 0 Å². The summed E-state index contributed by atoms with van der Waals surface area (Å²) in [6, 6.07) is 2.29. The van der Waals surface area contributed by atoms with E-state index in [2.05, 4.69) is 10.2 Å². The number of nitrogens with one attached hydrogen (secondary N) is 1. The molecule has 21 heavy (non-hydrogen) atoms. The SMILES string of the molecule is C1CNC(C2CCCCN2C2CCC3(CC2)OCCO3)C1. The monoisotopic (exact) mass is 294 g/mol. The first-order chi connectivity index (χ1) is 10.4. The molecule has 4 nitrogen and oxygen atoms in total. The number of nitrogens with zero attached hydrogens (tertiary/aromatic N) is 1. The van der Waals surface area contributed by atoms with Crippen molar-refractivity contribution in [2.45, 2.75) is 81.7 Å². The molecule has 120 valence electrons. The van der Waals surface area contributed by atoms with Crippen molar-refractivity contribution in [1.29, 1.82) is 0 Å². The van der Waals surface area contributed by atoms with Crippen LogP contribution in [0.2, 0.25) is 0 Å². The molecule has 4 rings (SSSR count). The van der Waals surface area contributed by atoms with Crippen LogP contribution in [0.5, 0.6) is 0 Å². The Morgan fingerprint density at radius 3 is 2.43 bits per heavy atom. The van der Waals surface area contributed by atoms with E-state index in [4.69, 9.17) is 9.47 Å². The van der Waals surface area contributed by atoms with Gasteiger partial charge in [0.05, 0.1) is 13.2 Å². The lowest BCUT2D eigenvalue weighted by Gasteiger charge is -2.47. The second-order valence-corrected chi connectivity index (χ2v) is 7.34. The van der Waals surface area contributed by atoms with Crippen molar-refractivity contribution in [3.8, 4) is 0 Å². The first kappa shape index (κ1) is 14.4. The molecule has 1 N–H and O–H groups in total. The molecule has 1 aliphatic carbocycles. The Bertz CT molecular complexity index is 341. The van der Waals surface area contributed by atoms with Gasteiger partial charge in [0.2, 0.25) is 0 Å². The van der Waals surface area contributed by atoms with Gasteiger partial charge in [0.1, 0.15) is 0 Å². The van der Waals surface area contributed by atoms with Crippen molar-refractivity contribution >= 4 is 0 Å². The zero-order chi connectivity index (χ0) is 14.1. The molecule has 4 fully saturated rings. The minimum Gasteiger partial charge on any atom is -0.348 e. The molecule has 2 unspecified atom stereocenters. The van der Waals surface area contributed by atoms with Gasteiger partial charge in [-0.1, -0.05) is 6.42 Å². The lowest BCUT2D eigenvalue weighted by atomic mass is 9.85. The van der Waals surface area contributed by atoms with Crippen LogP contribution in [-0.4, -0.2) is 55.1 Å². The van der Waals surface area contributed by atoms with E-state index in [1.165, 1.54) is 58.0 Å². The van der Waals surface area contributed by atoms with E-state index >= 15 is 0 Å². The maximum Gasteiger partial charge on any atom is 0.168 e. The molecule has 2 atom stereocenters. The molecule has 0 amide bonds. The van der Waals surface area contributed by atoms with Gasteiger partial charge in [0, 0.05) is 31.0 Å². The maximum atomic E-state index is 5.89. The Kier molecular flexibility index (Phi) is 4.23. The Hall–Kier alpha value is -0.160. The molecule has 4 heteroatoms. The maximum absolute atomic E-state index is 5.89. The van der Waals surface area contributed by atoms with Crippen LogP contribution in [0.1, 0.15) is 57.8 Å². The van der Waals surface area contributed by atoms with E-state index in [0.29, 0.717) is 0 Å². The van der Waals surface area contributed by atoms with Gasteiger partial charge in [-0.15, -0.1) is 0 Å². The van der Waals surface area contributed by atoms with Crippen LogP contribution in [0.3, 0.4) is 0 Å². The zero-order valence-electron chi connectivity index (χ0n) is 13.2. The first-order valence-electron chi connectivity index (χ1n) is 9.13. The highest BCUT2D eigenvalue weighted by Crippen LogP contribution is 2.39. The highest BCUT2D eigenvalue weighted by molar-refractivity contribution is 4.95. The summed E-state index contributed by atoms with van der Waals surface area (Å²) in [5.41, 5.74) is 0. The zero-order valence-corrected chi connectivity index (χ0v) is 13.2. The van der Waals surface area contributed by atoms with Crippen molar-refractivity contribution < 1.29 is 9.47 Å². The van der Waals surface area contributed by atoms with E-state index < -0.39 is 0 Å². The topological polar surface area (TPSA) is 33.7 Å². The van der Waals surface area contributed by atoms with Crippen LogP contribution in [-0.2, 0) is 9.47 Å². The predicted molar refractivity (Wildman–Crippen MR) is 82.3 cm³/mol. The molecule has 1 spiro atoms. The standard InChI is InChI=1S/C17H30N2O2/c1-2-11-19(16(5-1)15-4-3-10-18-15)14-6-8-17(9-7-14)20-12-13-21-17/h14-16,18H,1-13H2. The third-order valence-electron chi connectivity index (χ3n) is 6.15. The summed E-state index contributed by atoms with van der Waals surface area (Å²) in [4.78, 5) is 2.86. The number of rotatable bonds is 2. The lowest BCUT2D eigenvalue weighted by Crippen LogP contribution is -2.55. The average Bonchev–Trinajstić information content (AvgIpc) is 3.21. The second kappa shape index (κ2) is 6.15. The Morgan fingerprint density at radius 2 is 1.71 bits per heavy atom. The summed E-state index contributed by atoms with van der Waals surface area (Å²) in [7, 11) is 0. The fourth-order valence-corrected chi connectivity index (χ4v) is 5.06. The van der Waals surface area contributed by atoms with Gasteiger partial charge >= 0.3 is 0 Å². The molecule has 0 radical (unpaired) electrons. The smallest absolute Gasteiger partial charge is 0.168 e. The van der Waals surface area contributed by atoms with E-state index in [-0.39, 0.29) is 5.79 Å². The quantitative estimate of drug-likeness (QED) is 0.847. The Morgan fingerprint density at radius 1 is 0.905 bits per heavy atom. The van der Waals surface area contributed by atoms with Crippen molar-refractivity contribution in [1.82, 2.24) is 10.2 Å². The largest absolute Gasteiger partial charge is 0.348 e. The van der Waals surface area contributed by atoms with Crippen LogP contribution < -0.4 is 5.32 Å².